The third kappa shape index (κ3) is 8.84. The lowest BCUT2D eigenvalue weighted by Crippen LogP contribution is -2.59. The quantitative estimate of drug-likeness (QED) is 0.0795. The predicted octanol–water partition coefficient (Wildman–Crippen LogP) is -3.06. The van der Waals surface area contributed by atoms with Crippen molar-refractivity contribution >= 4 is 35.6 Å². The summed E-state index contributed by atoms with van der Waals surface area (Å²) in [6.07, 6.45) is 0.957. The molecule has 1 heterocycles. The van der Waals surface area contributed by atoms with Crippen molar-refractivity contribution in [2.75, 3.05) is 13.1 Å². The van der Waals surface area contributed by atoms with Crippen LogP contribution in [-0.4, -0.2) is 82.8 Å². The van der Waals surface area contributed by atoms with Gasteiger partial charge in [-0.2, -0.15) is 0 Å². The second-order valence-electron chi connectivity index (χ2n) is 8.55. The van der Waals surface area contributed by atoms with Crippen LogP contribution in [0.25, 0.3) is 0 Å². The van der Waals surface area contributed by atoms with Gasteiger partial charge in [-0.05, 0) is 31.6 Å². The van der Waals surface area contributed by atoms with Crippen LogP contribution in [0.15, 0.2) is 4.99 Å². The number of aliphatic imine (C=N–C) groups is 1. The molecule has 0 aromatic carbocycles. The van der Waals surface area contributed by atoms with E-state index in [0.29, 0.717) is 19.3 Å². The first-order valence-corrected chi connectivity index (χ1v) is 11.1. The molecule has 1 rings (SSSR count). The van der Waals surface area contributed by atoms with Gasteiger partial charge in [0.1, 0.15) is 18.1 Å². The topological polar surface area (TPSA) is 249 Å². The highest BCUT2D eigenvalue weighted by Crippen LogP contribution is 2.20. The van der Waals surface area contributed by atoms with Crippen molar-refractivity contribution in [1.82, 2.24) is 15.5 Å². The van der Waals surface area contributed by atoms with Gasteiger partial charge < -0.3 is 43.6 Å². The van der Waals surface area contributed by atoms with Crippen molar-refractivity contribution in [2.24, 2.45) is 33.8 Å². The monoisotopic (exact) mass is 484 g/mol. The van der Waals surface area contributed by atoms with Gasteiger partial charge >= 0.3 is 5.97 Å². The highest BCUT2D eigenvalue weighted by Gasteiger charge is 2.39. The van der Waals surface area contributed by atoms with Crippen molar-refractivity contribution in [3.8, 4) is 0 Å². The van der Waals surface area contributed by atoms with Gasteiger partial charge in [-0.1, -0.05) is 13.8 Å². The first-order valence-electron chi connectivity index (χ1n) is 11.1. The van der Waals surface area contributed by atoms with E-state index in [4.69, 9.17) is 22.9 Å². The van der Waals surface area contributed by atoms with Crippen molar-refractivity contribution in [2.45, 2.75) is 70.1 Å². The summed E-state index contributed by atoms with van der Waals surface area (Å²) in [6.45, 7) is 3.89. The summed E-state index contributed by atoms with van der Waals surface area (Å²) in [6, 6.07) is -4.39. The number of carbonyl (C=O) groups is 5. The number of aliphatic carboxylic acids is 1. The molecule has 0 aromatic rings. The van der Waals surface area contributed by atoms with Crippen LogP contribution < -0.4 is 33.6 Å². The molecule has 4 amide bonds. The summed E-state index contributed by atoms with van der Waals surface area (Å²) in [5.41, 5.74) is 21.5. The van der Waals surface area contributed by atoms with Crippen LogP contribution in [0.1, 0.15) is 46.0 Å². The summed E-state index contributed by atoms with van der Waals surface area (Å²) in [4.78, 5) is 66.4. The zero-order valence-corrected chi connectivity index (χ0v) is 19.5. The predicted molar refractivity (Wildman–Crippen MR) is 123 cm³/mol. The van der Waals surface area contributed by atoms with E-state index in [9.17, 15) is 29.1 Å². The molecule has 0 spiro atoms. The Kier molecular flexibility index (Phi) is 11.2. The average molecular weight is 485 g/mol. The summed E-state index contributed by atoms with van der Waals surface area (Å²) in [5, 5.41) is 14.3. The SMILES string of the molecule is CC(C)C(NC(=O)C(CC(N)=O)NC(=O)C(N)CCCN=C(N)N)C(=O)N1CCCC1C(=O)O. The number of guanidine groups is 1. The van der Waals surface area contributed by atoms with Crippen molar-refractivity contribution in [1.29, 1.82) is 0 Å². The number of hydrogen-bond acceptors (Lipinski definition) is 7. The third-order valence-corrected chi connectivity index (χ3v) is 5.39. The molecule has 0 aromatic heterocycles. The summed E-state index contributed by atoms with van der Waals surface area (Å²) in [7, 11) is 0. The molecule has 1 aliphatic heterocycles. The van der Waals surface area contributed by atoms with Gasteiger partial charge in [0.05, 0.1) is 12.5 Å². The van der Waals surface area contributed by atoms with Crippen LogP contribution in [0.2, 0.25) is 0 Å². The van der Waals surface area contributed by atoms with Crippen LogP contribution in [0.5, 0.6) is 0 Å². The van der Waals surface area contributed by atoms with Crippen molar-refractivity contribution in [3.05, 3.63) is 0 Å². The molecule has 14 heteroatoms. The van der Waals surface area contributed by atoms with E-state index in [1.165, 1.54) is 4.90 Å². The first-order chi connectivity index (χ1) is 15.8. The van der Waals surface area contributed by atoms with E-state index in [0.717, 1.165) is 0 Å². The van der Waals surface area contributed by atoms with Gasteiger partial charge in [0.2, 0.25) is 23.6 Å². The van der Waals surface area contributed by atoms with Crippen LogP contribution in [0.3, 0.4) is 0 Å². The van der Waals surface area contributed by atoms with E-state index in [1.54, 1.807) is 13.8 Å². The number of likely N-dealkylation sites (tertiary alicyclic amines) is 1. The maximum atomic E-state index is 13.0. The Hall–Kier alpha value is -3.42. The van der Waals surface area contributed by atoms with E-state index in [2.05, 4.69) is 15.6 Å². The Morgan fingerprint density at radius 1 is 1.09 bits per heavy atom. The normalized spacial score (nSPS) is 18.0. The number of rotatable bonds is 13. The molecular weight excluding hydrogens is 448 g/mol. The number of nitrogens with zero attached hydrogens (tertiary/aromatic N) is 2. The minimum Gasteiger partial charge on any atom is -0.480 e. The molecule has 0 bridgehead atoms. The Bertz CT molecular complexity index is 798. The minimum atomic E-state index is -1.36. The molecule has 14 nitrogen and oxygen atoms in total. The van der Waals surface area contributed by atoms with E-state index in [-0.39, 0.29) is 25.5 Å². The molecule has 0 aliphatic carbocycles. The number of carbonyl (C=O) groups excluding carboxylic acids is 4. The number of carboxylic acid groups (broad SMARTS) is 1. The first kappa shape index (κ1) is 28.6. The third-order valence-electron chi connectivity index (χ3n) is 5.39. The van der Waals surface area contributed by atoms with Crippen LogP contribution in [0, 0.1) is 5.92 Å². The standard InChI is InChI=1S/C20H36N8O6/c1-10(2)15(18(32)28-8-4-6-13(28)19(33)34)27-17(31)12(9-14(22)29)26-16(30)11(21)5-3-7-25-20(23)24/h10-13,15H,3-9,21H2,1-2H3,(H2,22,29)(H,26,30)(H,27,31)(H,33,34)(H4,23,24,25). The second-order valence-corrected chi connectivity index (χ2v) is 8.55. The number of carboxylic acids is 1. The number of primary amides is 1. The van der Waals surface area contributed by atoms with Gasteiger partial charge in [-0.3, -0.25) is 24.2 Å². The Balaban J connectivity index is 2.87. The van der Waals surface area contributed by atoms with Gasteiger partial charge in [0, 0.05) is 13.1 Å². The lowest BCUT2D eigenvalue weighted by molar-refractivity contribution is -0.150. The molecule has 1 fully saturated rings. The maximum Gasteiger partial charge on any atom is 0.326 e. The lowest BCUT2D eigenvalue weighted by Gasteiger charge is -2.30. The fourth-order valence-electron chi connectivity index (χ4n) is 3.57. The highest BCUT2D eigenvalue weighted by atomic mass is 16.4. The average Bonchev–Trinajstić information content (AvgIpc) is 3.23. The van der Waals surface area contributed by atoms with Crippen molar-refractivity contribution < 1.29 is 29.1 Å². The molecule has 4 unspecified atom stereocenters. The van der Waals surface area contributed by atoms with E-state index >= 15 is 0 Å². The molecule has 0 radical (unpaired) electrons. The fraction of sp³-hybridized carbons (Fsp3) is 0.700. The summed E-state index contributed by atoms with van der Waals surface area (Å²) >= 11 is 0. The van der Waals surface area contributed by atoms with Gasteiger partial charge in [0.15, 0.2) is 5.96 Å². The van der Waals surface area contributed by atoms with E-state index < -0.39 is 66.1 Å². The number of nitrogens with two attached hydrogens (primary N) is 4. The fourth-order valence-corrected chi connectivity index (χ4v) is 3.57. The maximum absolute atomic E-state index is 13.0. The molecule has 1 aliphatic rings. The number of hydrogen-bond donors (Lipinski definition) is 7. The molecule has 0 saturated carbocycles. The van der Waals surface area contributed by atoms with Crippen molar-refractivity contribution in [3.63, 3.8) is 0 Å². The Morgan fingerprint density at radius 3 is 2.26 bits per heavy atom. The van der Waals surface area contributed by atoms with Crippen LogP contribution >= 0.6 is 0 Å². The zero-order valence-electron chi connectivity index (χ0n) is 19.5. The number of nitrogens with one attached hydrogen (secondary N) is 2. The smallest absolute Gasteiger partial charge is 0.326 e. The Morgan fingerprint density at radius 2 is 1.74 bits per heavy atom. The number of amides is 4. The molecule has 11 N–H and O–H groups in total. The zero-order chi connectivity index (χ0) is 26.0. The lowest BCUT2D eigenvalue weighted by atomic mass is 10.0. The Labute approximate surface area is 197 Å². The van der Waals surface area contributed by atoms with Gasteiger partial charge in [-0.25, -0.2) is 4.79 Å². The van der Waals surface area contributed by atoms with Gasteiger partial charge in [-0.15, -0.1) is 0 Å². The summed E-state index contributed by atoms with van der Waals surface area (Å²) in [5.74, 6) is -4.49. The highest BCUT2D eigenvalue weighted by molar-refractivity contribution is 5.96. The van der Waals surface area contributed by atoms with Gasteiger partial charge in [0.25, 0.3) is 0 Å². The van der Waals surface area contributed by atoms with Crippen LogP contribution in [0.4, 0.5) is 0 Å². The minimum absolute atomic E-state index is 0.0888. The molecule has 1 saturated heterocycles. The molecule has 4 atom stereocenters. The molecule has 34 heavy (non-hydrogen) atoms. The van der Waals surface area contributed by atoms with Crippen LogP contribution in [-0.2, 0) is 24.0 Å². The molecular formula is C20H36N8O6. The largest absolute Gasteiger partial charge is 0.480 e. The second kappa shape index (κ2) is 13.3. The molecule has 192 valence electrons. The summed E-state index contributed by atoms with van der Waals surface area (Å²) < 4.78 is 0. The van der Waals surface area contributed by atoms with E-state index in [1.807, 2.05) is 0 Å².